The Balaban J connectivity index is 1.92. The molecular weight excluding hydrogens is 419 g/mol. The molecule has 162 valence electrons. The van der Waals surface area contributed by atoms with Crippen molar-refractivity contribution in [2.24, 2.45) is 0 Å². The second-order valence-electron chi connectivity index (χ2n) is 6.74. The molecule has 0 saturated carbocycles. The maximum Gasteiger partial charge on any atom is 0.264 e. The Labute approximate surface area is 181 Å². The van der Waals surface area contributed by atoms with Crippen molar-refractivity contribution in [3.63, 3.8) is 0 Å². The lowest BCUT2D eigenvalue weighted by Crippen LogP contribution is -2.38. The number of carbonyl (C=O) groups is 1. The Morgan fingerprint density at radius 3 is 2.23 bits per heavy atom. The molecule has 0 radical (unpaired) electrons. The summed E-state index contributed by atoms with van der Waals surface area (Å²) in [7, 11) is -2.76. The van der Waals surface area contributed by atoms with Gasteiger partial charge < -0.3 is 10.1 Å². The molecule has 0 atom stereocenters. The predicted molar refractivity (Wildman–Crippen MR) is 118 cm³/mol. The molecule has 0 saturated heterocycles. The number of halogens is 1. The summed E-state index contributed by atoms with van der Waals surface area (Å²) < 4.78 is 46.9. The average molecular weight is 443 g/mol. The Hall–Kier alpha value is -3.39. The zero-order valence-corrected chi connectivity index (χ0v) is 18.0. The monoisotopic (exact) mass is 442 g/mol. The molecule has 3 rings (SSSR count). The molecule has 3 aromatic rings. The van der Waals surface area contributed by atoms with Crippen molar-refractivity contribution in [1.29, 1.82) is 0 Å². The largest absolute Gasteiger partial charge is 0.497 e. The van der Waals surface area contributed by atoms with Crippen LogP contribution in [0.15, 0.2) is 77.7 Å². The summed E-state index contributed by atoms with van der Waals surface area (Å²) >= 11 is 0. The molecule has 0 spiro atoms. The van der Waals surface area contributed by atoms with Crippen molar-refractivity contribution in [3.05, 3.63) is 84.2 Å². The van der Waals surface area contributed by atoms with E-state index in [1.54, 1.807) is 12.1 Å². The van der Waals surface area contributed by atoms with E-state index in [2.05, 4.69) is 5.32 Å². The van der Waals surface area contributed by atoms with Gasteiger partial charge in [0.15, 0.2) is 0 Å². The van der Waals surface area contributed by atoms with E-state index in [1.165, 1.54) is 49.6 Å². The van der Waals surface area contributed by atoms with Gasteiger partial charge in [-0.05, 0) is 60.5 Å². The van der Waals surface area contributed by atoms with Crippen LogP contribution in [0.1, 0.15) is 12.5 Å². The van der Waals surface area contributed by atoms with Gasteiger partial charge in [0.25, 0.3) is 10.0 Å². The highest BCUT2D eigenvalue weighted by atomic mass is 32.2. The minimum absolute atomic E-state index is 0.0864. The molecule has 6 nitrogen and oxygen atoms in total. The van der Waals surface area contributed by atoms with Gasteiger partial charge in [-0.15, -0.1) is 0 Å². The number of benzene rings is 3. The van der Waals surface area contributed by atoms with Crippen LogP contribution in [-0.4, -0.2) is 28.0 Å². The number of hydrogen-bond donors (Lipinski definition) is 1. The maximum absolute atomic E-state index is 14.5. The van der Waals surface area contributed by atoms with Gasteiger partial charge in [-0.25, -0.2) is 12.8 Å². The number of anilines is 2. The number of ether oxygens (including phenoxy) is 1. The van der Waals surface area contributed by atoms with Crippen LogP contribution in [0.5, 0.6) is 5.75 Å². The molecule has 1 N–H and O–H groups in total. The van der Waals surface area contributed by atoms with Gasteiger partial charge >= 0.3 is 0 Å². The number of rotatable bonds is 8. The summed E-state index contributed by atoms with van der Waals surface area (Å²) in [6, 6.07) is 18.3. The van der Waals surface area contributed by atoms with Gasteiger partial charge in [0, 0.05) is 5.69 Å². The van der Waals surface area contributed by atoms with Gasteiger partial charge in [-0.1, -0.05) is 31.2 Å². The lowest BCUT2D eigenvalue weighted by atomic mass is 10.1. The standard InChI is InChI=1S/C23H23FN2O4S/c1-3-17-8-10-18(11-9-17)25-23(27)16-26(22-7-5-4-6-21(22)24)31(28,29)20-14-12-19(30-2)13-15-20/h4-15H,3,16H2,1-2H3,(H,25,27). The summed E-state index contributed by atoms with van der Waals surface area (Å²) in [5.74, 6) is -0.867. The normalized spacial score (nSPS) is 11.1. The van der Waals surface area contributed by atoms with Crippen LogP contribution >= 0.6 is 0 Å². The van der Waals surface area contributed by atoms with E-state index in [4.69, 9.17) is 4.74 Å². The third-order valence-electron chi connectivity index (χ3n) is 4.70. The highest BCUT2D eigenvalue weighted by molar-refractivity contribution is 7.92. The Morgan fingerprint density at radius 2 is 1.65 bits per heavy atom. The number of nitrogens with one attached hydrogen (secondary N) is 1. The van der Waals surface area contributed by atoms with Crippen LogP contribution in [0.25, 0.3) is 0 Å². The fourth-order valence-corrected chi connectivity index (χ4v) is 4.41. The third kappa shape index (κ3) is 5.21. The zero-order valence-electron chi connectivity index (χ0n) is 17.2. The maximum atomic E-state index is 14.5. The summed E-state index contributed by atoms with van der Waals surface area (Å²) in [5.41, 5.74) is 1.42. The molecule has 0 fully saturated rings. The molecule has 0 aromatic heterocycles. The van der Waals surface area contributed by atoms with Crippen LogP contribution in [0, 0.1) is 5.82 Å². The third-order valence-corrected chi connectivity index (χ3v) is 6.48. The fourth-order valence-electron chi connectivity index (χ4n) is 2.98. The van der Waals surface area contributed by atoms with Gasteiger partial charge in [0.2, 0.25) is 5.91 Å². The van der Waals surface area contributed by atoms with Gasteiger partial charge in [-0.2, -0.15) is 0 Å². The van der Waals surface area contributed by atoms with Gasteiger partial charge in [0.05, 0.1) is 17.7 Å². The lowest BCUT2D eigenvalue weighted by Gasteiger charge is -2.24. The number of carbonyl (C=O) groups excluding carboxylic acids is 1. The number of nitrogens with zero attached hydrogens (tertiary/aromatic N) is 1. The zero-order chi connectivity index (χ0) is 22.4. The van der Waals surface area contributed by atoms with E-state index in [-0.39, 0.29) is 10.6 Å². The number of sulfonamides is 1. The van der Waals surface area contributed by atoms with Crippen molar-refractivity contribution in [3.8, 4) is 5.75 Å². The highest BCUT2D eigenvalue weighted by Gasteiger charge is 2.29. The van der Waals surface area contributed by atoms with Crippen LogP contribution in [0.2, 0.25) is 0 Å². The quantitative estimate of drug-likeness (QED) is 0.567. The molecule has 0 heterocycles. The van der Waals surface area contributed by atoms with Gasteiger partial charge in [0.1, 0.15) is 18.1 Å². The minimum atomic E-state index is -4.22. The first-order chi connectivity index (χ1) is 14.8. The molecule has 0 unspecified atom stereocenters. The van der Waals surface area contributed by atoms with Crippen molar-refractivity contribution in [1.82, 2.24) is 0 Å². The van der Waals surface area contributed by atoms with E-state index in [0.29, 0.717) is 11.4 Å². The molecule has 3 aromatic carbocycles. The molecule has 8 heteroatoms. The van der Waals surface area contributed by atoms with Crippen LogP contribution in [-0.2, 0) is 21.2 Å². The number of methoxy groups -OCH3 is 1. The lowest BCUT2D eigenvalue weighted by molar-refractivity contribution is -0.114. The van der Waals surface area contributed by atoms with Crippen LogP contribution < -0.4 is 14.4 Å². The molecule has 1 amide bonds. The molecule has 0 aliphatic heterocycles. The summed E-state index contributed by atoms with van der Waals surface area (Å²) in [6.45, 7) is 1.43. The van der Waals surface area contributed by atoms with E-state index in [9.17, 15) is 17.6 Å². The highest BCUT2D eigenvalue weighted by Crippen LogP contribution is 2.27. The van der Waals surface area contributed by atoms with E-state index in [0.717, 1.165) is 22.4 Å². The minimum Gasteiger partial charge on any atom is -0.497 e. The first-order valence-electron chi connectivity index (χ1n) is 9.65. The molecule has 0 bridgehead atoms. The number of amides is 1. The SMILES string of the molecule is CCc1ccc(NC(=O)CN(c2ccccc2F)S(=O)(=O)c2ccc(OC)cc2)cc1. The average Bonchev–Trinajstić information content (AvgIpc) is 2.78. The fraction of sp³-hybridized carbons (Fsp3) is 0.174. The van der Waals surface area contributed by atoms with Crippen molar-refractivity contribution < 1.29 is 22.3 Å². The second kappa shape index (κ2) is 9.61. The summed E-state index contributed by atoms with van der Waals surface area (Å²) in [4.78, 5) is 12.6. The van der Waals surface area contributed by atoms with Crippen molar-refractivity contribution >= 4 is 27.3 Å². The smallest absolute Gasteiger partial charge is 0.264 e. The number of para-hydroxylation sites is 1. The summed E-state index contributed by atoms with van der Waals surface area (Å²) in [5, 5.41) is 2.67. The van der Waals surface area contributed by atoms with Crippen molar-refractivity contribution in [2.75, 3.05) is 23.3 Å². The second-order valence-corrected chi connectivity index (χ2v) is 8.60. The Kier molecular flexibility index (Phi) is 6.91. The van der Waals surface area contributed by atoms with Crippen molar-refractivity contribution in [2.45, 2.75) is 18.2 Å². The molecule has 0 aliphatic carbocycles. The molecular formula is C23H23FN2O4S. The predicted octanol–water partition coefficient (Wildman–Crippen LogP) is 4.23. The van der Waals surface area contributed by atoms with Gasteiger partial charge in [-0.3, -0.25) is 9.10 Å². The van der Waals surface area contributed by atoms with Crippen LogP contribution in [0.3, 0.4) is 0 Å². The number of aryl methyl sites for hydroxylation is 1. The first-order valence-corrected chi connectivity index (χ1v) is 11.1. The topological polar surface area (TPSA) is 75.7 Å². The Morgan fingerprint density at radius 1 is 1.00 bits per heavy atom. The van der Waals surface area contributed by atoms with Crippen LogP contribution in [0.4, 0.5) is 15.8 Å². The van der Waals surface area contributed by atoms with E-state index < -0.39 is 28.3 Å². The molecule has 31 heavy (non-hydrogen) atoms. The van der Waals surface area contributed by atoms with E-state index >= 15 is 0 Å². The number of hydrogen-bond acceptors (Lipinski definition) is 4. The first kappa shape index (κ1) is 22.3. The Bertz CT molecular complexity index is 1150. The summed E-state index contributed by atoms with van der Waals surface area (Å²) in [6.07, 6.45) is 0.857. The molecule has 0 aliphatic rings. The van der Waals surface area contributed by atoms with E-state index in [1.807, 2.05) is 19.1 Å².